The Balaban J connectivity index is 2.90. The third-order valence-electron chi connectivity index (χ3n) is 1.65. The molecule has 1 rings (SSSR count). The van der Waals surface area contributed by atoms with Crippen molar-refractivity contribution < 1.29 is 8.78 Å². The lowest BCUT2D eigenvalue weighted by Crippen LogP contribution is -2.00. The molecule has 5 heteroatoms. The van der Waals surface area contributed by atoms with Gasteiger partial charge in [-0.1, -0.05) is 16.9 Å². The van der Waals surface area contributed by atoms with Crippen LogP contribution in [0.1, 0.15) is 5.56 Å². The third kappa shape index (κ3) is 2.51. The van der Waals surface area contributed by atoms with Crippen LogP contribution < -0.4 is 5.73 Å². The first kappa shape index (κ1) is 10.7. The van der Waals surface area contributed by atoms with Crippen LogP contribution in [-0.4, -0.2) is 5.75 Å². The van der Waals surface area contributed by atoms with Gasteiger partial charge in [0.05, 0.1) is 5.69 Å². The molecule has 0 heterocycles. The molecule has 0 amide bonds. The second kappa shape index (κ2) is 4.72. The Morgan fingerprint density at radius 3 is 2.62 bits per heavy atom. The summed E-state index contributed by atoms with van der Waals surface area (Å²) in [4.78, 5) is 0. The van der Waals surface area contributed by atoms with Crippen LogP contribution in [0.5, 0.6) is 0 Å². The van der Waals surface area contributed by atoms with Gasteiger partial charge >= 0.3 is 0 Å². The van der Waals surface area contributed by atoms with Gasteiger partial charge in [0.2, 0.25) is 0 Å². The summed E-state index contributed by atoms with van der Waals surface area (Å²) in [5.74, 6) is -1.16. The molecule has 1 nitrogen and oxygen atoms in total. The van der Waals surface area contributed by atoms with Crippen LogP contribution in [0, 0.1) is 11.6 Å². The standard InChI is InChI=1S/C8H9F2NS2/c9-7-5(3-4-13-12)1-2-6(11)8(7)10/h1-2,12H,3-4,11H2. The van der Waals surface area contributed by atoms with Gasteiger partial charge in [-0.2, -0.15) is 0 Å². The predicted molar refractivity (Wildman–Crippen MR) is 55.9 cm³/mol. The van der Waals surface area contributed by atoms with Crippen LogP contribution in [0.2, 0.25) is 0 Å². The van der Waals surface area contributed by atoms with Gasteiger partial charge in [0.25, 0.3) is 0 Å². The maximum absolute atomic E-state index is 13.1. The summed E-state index contributed by atoms with van der Waals surface area (Å²) in [7, 11) is 1.29. The second-order valence-corrected chi connectivity index (χ2v) is 3.97. The fourth-order valence-corrected chi connectivity index (χ4v) is 1.54. The zero-order chi connectivity index (χ0) is 9.84. The van der Waals surface area contributed by atoms with Gasteiger partial charge < -0.3 is 5.73 Å². The number of aryl methyl sites for hydroxylation is 1. The molecule has 0 saturated carbocycles. The van der Waals surface area contributed by atoms with Crippen molar-refractivity contribution >= 4 is 28.1 Å². The Labute approximate surface area is 84.5 Å². The van der Waals surface area contributed by atoms with Gasteiger partial charge in [-0.05, 0) is 18.1 Å². The van der Waals surface area contributed by atoms with Gasteiger partial charge in [0, 0.05) is 5.75 Å². The van der Waals surface area contributed by atoms with Crippen LogP contribution in [0.25, 0.3) is 0 Å². The molecule has 0 fully saturated rings. The van der Waals surface area contributed by atoms with E-state index in [0.717, 1.165) is 0 Å². The summed E-state index contributed by atoms with van der Waals surface area (Å²) in [6.07, 6.45) is 0.456. The highest BCUT2D eigenvalue weighted by atomic mass is 33.1. The summed E-state index contributed by atoms with van der Waals surface area (Å²) >= 11 is 3.91. The molecule has 0 spiro atoms. The van der Waals surface area contributed by atoms with Crippen molar-refractivity contribution in [3.63, 3.8) is 0 Å². The van der Waals surface area contributed by atoms with Crippen LogP contribution >= 0.6 is 22.5 Å². The number of nitrogens with two attached hydrogens (primary N) is 1. The molecule has 72 valence electrons. The molecule has 0 saturated heterocycles. The highest BCUT2D eigenvalue weighted by Gasteiger charge is 2.10. The minimum Gasteiger partial charge on any atom is -0.396 e. The van der Waals surface area contributed by atoms with E-state index in [1.165, 1.54) is 22.9 Å². The average molecular weight is 221 g/mol. The molecule has 1 aromatic rings. The number of halogens is 2. The first-order chi connectivity index (χ1) is 6.16. The van der Waals surface area contributed by atoms with Crippen molar-refractivity contribution in [2.45, 2.75) is 6.42 Å². The lowest BCUT2D eigenvalue weighted by Gasteiger charge is -2.04. The van der Waals surface area contributed by atoms with E-state index in [4.69, 9.17) is 5.73 Å². The summed E-state index contributed by atoms with van der Waals surface area (Å²) in [5.41, 5.74) is 5.37. The van der Waals surface area contributed by atoms with E-state index in [2.05, 4.69) is 11.7 Å². The van der Waals surface area contributed by atoms with Gasteiger partial charge in [-0.3, -0.25) is 0 Å². The topological polar surface area (TPSA) is 26.0 Å². The Morgan fingerprint density at radius 2 is 2.00 bits per heavy atom. The molecule has 1 aromatic carbocycles. The summed E-state index contributed by atoms with van der Waals surface area (Å²) in [5, 5.41) is 0. The highest BCUT2D eigenvalue weighted by Crippen LogP contribution is 2.19. The average Bonchev–Trinajstić information content (AvgIpc) is 2.13. The fraction of sp³-hybridized carbons (Fsp3) is 0.250. The Bertz CT molecular complexity index is 304. The van der Waals surface area contributed by atoms with Crippen molar-refractivity contribution in [3.05, 3.63) is 29.3 Å². The molecule has 0 aliphatic carbocycles. The summed E-state index contributed by atoms with van der Waals surface area (Å²) in [6, 6.07) is 2.87. The minimum atomic E-state index is -0.957. The normalized spacial score (nSPS) is 10.4. The monoisotopic (exact) mass is 221 g/mol. The molecular formula is C8H9F2NS2. The molecule has 0 bridgehead atoms. The summed E-state index contributed by atoms with van der Waals surface area (Å²) in [6.45, 7) is 0. The van der Waals surface area contributed by atoms with Crippen LogP contribution in [-0.2, 0) is 6.42 Å². The predicted octanol–water partition coefficient (Wildman–Crippen LogP) is 2.67. The van der Waals surface area contributed by atoms with Crippen molar-refractivity contribution in [2.24, 2.45) is 0 Å². The number of benzene rings is 1. The maximum Gasteiger partial charge on any atom is 0.181 e. The van der Waals surface area contributed by atoms with Gasteiger partial charge in [0.15, 0.2) is 11.6 Å². The molecule has 0 aliphatic rings. The quantitative estimate of drug-likeness (QED) is 0.466. The Morgan fingerprint density at radius 1 is 1.31 bits per heavy atom. The third-order valence-corrected chi connectivity index (χ3v) is 2.59. The van der Waals surface area contributed by atoms with Crippen molar-refractivity contribution in [1.82, 2.24) is 0 Å². The smallest absolute Gasteiger partial charge is 0.181 e. The van der Waals surface area contributed by atoms with E-state index >= 15 is 0 Å². The van der Waals surface area contributed by atoms with Gasteiger partial charge in [-0.25, -0.2) is 8.78 Å². The summed E-state index contributed by atoms with van der Waals surface area (Å²) < 4.78 is 26.0. The van der Waals surface area contributed by atoms with Crippen molar-refractivity contribution in [3.8, 4) is 0 Å². The lowest BCUT2D eigenvalue weighted by atomic mass is 10.1. The largest absolute Gasteiger partial charge is 0.396 e. The zero-order valence-corrected chi connectivity index (χ0v) is 8.47. The molecule has 0 radical (unpaired) electrons. The highest BCUT2D eigenvalue weighted by molar-refractivity contribution is 8.68. The second-order valence-electron chi connectivity index (χ2n) is 2.53. The number of hydrogen-bond donors (Lipinski definition) is 2. The van der Waals surface area contributed by atoms with E-state index in [9.17, 15) is 8.78 Å². The van der Waals surface area contributed by atoms with E-state index in [-0.39, 0.29) is 5.69 Å². The van der Waals surface area contributed by atoms with Gasteiger partial charge in [-0.15, -0.1) is 11.7 Å². The number of nitrogen functional groups attached to an aromatic ring is 1. The Hall–Kier alpha value is -0.420. The van der Waals surface area contributed by atoms with Crippen molar-refractivity contribution in [2.75, 3.05) is 11.5 Å². The van der Waals surface area contributed by atoms with E-state index in [1.807, 2.05) is 0 Å². The number of thiol groups is 1. The number of rotatable bonds is 3. The Kier molecular flexibility index (Phi) is 3.87. The lowest BCUT2D eigenvalue weighted by molar-refractivity contribution is 0.503. The van der Waals surface area contributed by atoms with Crippen LogP contribution in [0.4, 0.5) is 14.5 Å². The van der Waals surface area contributed by atoms with E-state index < -0.39 is 11.6 Å². The molecular weight excluding hydrogens is 212 g/mol. The number of anilines is 1. The van der Waals surface area contributed by atoms with Crippen LogP contribution in [0.15, 0.2) is 12.1 Å². The van der Waals surface area contributed by atoms with Crippen LogP contribution in [0.3, 0.4) is 0 Å². The molecule has 2 N–H and O–H groups in total. The SMILES string of the molecule is Nc1ccc(CCSS)c(F)c1F. The molecule has 0 unspecified atom stereocenters. The maximum atomic E-state index is 13.1. The fourth-order valence-electron chi connectivity index (χ4n) is 0.953. The molecule has 0 aliphatic heterocycles. The molecule has 13 heavy (non-hydrogen) atoms. The number of hydrogen-bond acceptors (Lipinski definition) is 3. The minimum absolute atomic E-state index is 0.153. The van der Waals surface area contributed by atoms with E-state index in [0.29, 0.717) is 17.7 Å². The van der Waals surface area contributed by atoms with Crippen molar-refractivity contribution in [1.29, 1.82) is 0 Å². The molecule has 0 aromatic heterocycles. The first-order valence-electron chi connectivity index (χ1n) is 3.65. The van der Waals surface area contributed by atoms with Gasteiger partial charge in [0.1, 0.15) is 0 Å². The molecule has 0 atom stereocenters. The zero-order valence-electron chi connectivity index (χ0n) is 6.76. The van der Waals surface area contributed by atoms with E-state index in [1.54, 1.807) is 0 Å². The first-order valence-corrected chi connectivity index (χ1v) is 5.69.